The van der Waals surface area contributed by atoms with E-state index in [2.05, 4.69) is 39.7 Å². The quantitative estimate of drug-likeness (QED) is 0.915. The molecule has 0 aliphatic heterocycles. The van der Waals surface area contributed by atoms with Gasteiger partial charge < -0.3 is 9.84 Å². The number of rotatable bonds is 4. The third-order valence-electron chi connectivity index (χ3n) is 4.21. The van der Waals surface area contributed by atoms with Crippen LogP contribution in [0, 0.1) is 0 Å². The van der Waals surface area contributed by atoms with Crippen molar-refractivity contribution in [2.24, 2.45) is 0 Å². The molecule has 2 aromatic rings. The van der Waals surface area contributed by atoms with Crippen LogP contribution in [-0.4, -0.2) is 17.2 Å². The van der Waals surface area contributed by atoms with E-state index < -0.39 is 0 Å². The Bertz CT molecular complexity index is 546. The highest BCUT2D eigenvalue weighted by Crippen LogP contribution is 2.47. The van der Waals surface area contributed by atoms with Crippen LogP contribution in [0.3, 0.4) is 0 Å². The van der Waals surface area contributed by atoms with E-state index in [-0.39, 0.29) is 11.5 Å². The van der Waals surface area contributed by atoms with E-state index >= 15 is 0 Å². The Morgan fingerprint density at radius 1 is 1.26 bits per heavy atom. The third kappa shape index (κ3) is 1.96. The van der Waals surface area contributed by atoms with Gasteiger partial charge in [-0.25, -0.2) is 0 Å². The number of benzene rings is 1. The van der Waals surface area contributed by atoms with Gasteiger partial charge in [0.25, 0.3) is 0 Å². The van der Waals surface area contributed by atoms with Crippen molar-refractivity contribution < 1.29 is 4.52 Å². The maximum Gasteiger partial charge on any atom is 0.243 e. The van der Waals surface area contributed by atoms with Crippen molar-refractivity contribution in [3.63, 3.8) is 0 Å². The average molecular weight is 257 g/mol. The highest BCUT2D eigenvalue weighted by Gasteiger charge is 2.44. The molecule has 4 nitrogen and oxygen atoms in total. The molecule has 0 bridgehead atoms. The van der Waals surface area contributed by atoms with Crippen LogP contribution in [0.25, 0.3) is 0 Å². The van der Waals surface area contributed by atoms with E-state index in [1.165, 1.54) is 12.0 Å². The van der Waals surface area contributed by atoms with Crippen molar-refractivity contribution >= 4 is 0 Å². The summed E-state index contributed by atoms with van der Waals surface area (Å²) in [6, 6.07) is 10.6. The Kier molecular flexibility index (Phi) is 3.11. The summed E-state index contributed by atoms with van der Waals surface area (Å²) in [5, 5.41) is 7.36. The summed E-state index contributed by atoms with van der Waals surface area (Å²) in [5.41, 5.74) is 1.27. The van der Waals surface area contributed by atoms with Crippen molar-refractivity contribution in [3.05, 3.63) is 47.6 Å². The fraction of sp³-hybridized carbons (Fsp3) is 0.467. The van der Waals surface area contributed by atoms with E-state index in [9.17, 15) is 0 Å². The molecule has 4 heteroatoms. The second kappa shape index (κ2) is 4.78. The first-order valence-corrected chi connectivity index (χ1v) is 6.83. The van der Waals surface area contributed by atoms with Gasteiger partial charge in [0.05, 0.1) is 11.5 Å². The summed E-state index contributed by atoms with van der Waals surface area (Å²) < 4.78 is 5.40. The van der Waals surface area contributed by atoms with Crippen LogP contribution >= 0.6 is 0 Å². The summed E-state index contributed by atoms with van der Waals surface area (Å²) in [7, 11) is 1.89. The van der Waals surface area contributed by atoms with Crippen LogP contribution in [0.5, 0.6) is 0 Å². The minimum atomic E-state index is -0.0313. The molecule has 1 aliphatic carbocycles. The molecule has 1 aromatic heterocycles. The summed E-state index contributed by atoms with van der Waals surface area (Å²) in [6.45, 7) is 2.02. The second-order valence-corrected chi connectivity index (χ2v) is 5.27. The van der Waals surface area contributed by atoms with Gasteiger partial charge in [-0.15, -0.1) is 0 Å². The number of nitrogens with one attached hydrogen (secondary N) is 1. The van der Waals surface area contributed by atoms with E-state index in [0.29, 0.717) is 5.89 Å². The molecule has 19 heavy (non-hydrogen) atoms. The number of hydrogen-bond donors (Lipinski definition) is 1. The molecule has 0 radical (unpaired) electrons. The zero-order chi connectivity index (χ0) is 13.3. The van der Waals surface area contributed by atoms with Crippen molar-refractivity contribution in [1.29, 1.82) is 0 Å². The van der Waals surface area contributed by atoms with Crippen LogP contribution in [0.1, 0.15) is 49.5 Å². The predicted octanol–water partition coefficient (Wildman–Crippen LogP) is 2.82. The van der Waals surface area contributed by atoms with E-state index in [0.717, 1.165) is 18.7 Å². The molecule has 1 fully saturated rings. The maximum atomic E-state index is 5.40. The summed E-state index contributed by atoms with van der Waals surface area (Å²) in [6.07, 6.45) is 3.42. The molecule has 1 unspecified atom stereocenters. The minimum Gasteiger partial charge on any atom is -0.338 e. The summed E-state index contributed by atoms with van der Waals surface area (Å²) in [4.78, 5) is 4.61. The Labute approximate surface area is 113 Å². The van der Waals surface area contributed by atoms with Crippen LogP contribution in [0.4, 0.5) is 0 Å². The number of aromatic nitrogens is 2. The molecule has 100 valence electrons. The van der Waals surface area contributed by atoms with Crippen LogP contribution in [-0.2, 0) is 5.41 Å². The van der Waals surface area contributed by atoms with Crippen molar-refractivity contribution in [2.75, 3.05) is 7.05 Å². The van der Waals surface area contributed by atoms with Crippen LogP contribution in [0.2, 0.25) is 0 Å². The Balaban J connectivity index is 1.97. The molecule has 1 aliphatic rings. The molecule has 1 saturated carbocycles. The van der Waals surface area contributed by atoms with Gasteiger partial charge in [0.1, 0.15) is 0 Å². The van der Waals surface area contributed by atoms with Gasteiger partial charge in [-0.1, -0.05) is 41.9 Å². The molecule has 0 saturated heterocycles. The molecule has 1 heterocycles. The third-order valence-corrected chi connectivity index (χ3v) is 4.21. The van der Waals surface area contributed by atoms with E-state index in [1.54, 1.807) is 0 Å². The lowest BCUT2D eigenvalue weighted by molar-refractivity contribution is 0.269. The topological polar surface area (TPSA) is 51.0 Å². The van der Waals surface area contributed by atoms with Crippen molar-refractivity contribution in [3.8, 4) is 0 Å². The number of hydrogen-bond acceptors (Lipinski definition) is 4. The van der Waals surface area contributed by atoms with Crippen LogP contribution < -0.4 is 5.32 Å². The normalized spacial score (nSPS) is 18.8. The van der Waals surface area contributed by atoms with E-state index in [4.69, 9.17) is 4.52 Å². The monoisotopic (exact) mass is 257 g/mol. The lowest BCUT2D eigenvalue weighted by Crippen LogP contribution is -2.36. The van der Waals surface area contributed by atoms with Crippen molar-refractivity contribution in [2.45, 2.75) is 37.6 Å². The SMILES string of the molecule is CNC(C)c1nc(C2(c3ccccc3)CCC2)no1. The first-order chi connectivity index (χ1) is 9.26. The Morgan fingerprint density at radius 2 is 2.00 bits per heavy atom. The Hall–Kier alpha value is -1.68. The molecular formula is C15H19N3O. The van der Waals surface area contributed by atoms with Gasteiger partial charge in [-0.3, -0.25) is 0 Å². The van der Waals surface area contributed by atoms with Gasteiger partial charge >= 0.3 is 0 Å². The van der Waals surface area contributed by atoms with Crippen LogP contribution in [0.15, 0.2) is 34.9 Å². The minimum absolute atomic E-state index is 0.0313. The largest absolute Gasteiger partial charge is 0.338 e. The molecule has 1 N–H and O–H groups in total. The zero-order valence-electron chi connectivity index (χ0n) is 11.4. The van der Waals surface area contributed by atoms with Gasteiger partial charge in [0, 0.05) is 0 Å². The molecular weight excluding hydrogens is 238 g/mol. The molecule has 0 spiro atoms. The average Bonchev–Trinajstić information content (AvgIpc) is 2.88. The van der Waals surface area contributed by atoms with Gasteiger partial charge in [0.15, 0.2) is 5.82 Å². The maximum absolute atomic E-state index is 5.40. The molecule has 1 atom stereocenters. The first kappa shape index (κ1) is 12.4. The highest BCUT2D eigenvalue weighted by atomic mass is 16.5. The Morgan fingerprint density at radius 3 is 2.58 bits per heavy atom. The van der Waals surface area contributed by atoms with E-state index in [1.807, 2.05) is 20.0 Å². The molecule has 3 rings (SSSR count). The highest BCUT2D eigenvalue weighted by molar-refractivity contribution is 5.35. The summed E-state index contributed by atoms with van der Waals surface area (Å²) >= 11 is 0. The predicted molar refractivity (Wildman–Crippen MR) is 72.8 cm³/mol. The second-order valence-electron chi connectivity index (χ2n) is 5.27. The summed E-state index contributed by atoms with van der Waals surface area (Å²) in [5.74, 6) is 1.50. The first-order valence-electron chi connectivity index (χ1n) is 6.83. The molecule has 1 aromatic carbocycles. The lowest BCUT2D eigenvalue weighted by Gasteiger charge is -2.39. The van der Waals surface area contributed by atoms with Crippen molar-refractivity contribution in [1.82, 2.24) is 15.5 Å². The standard InChI is InChI=1S/C15H19N3O/c1-11(16-2)13-17-14(18-19-13)15(9-6-10-15)12-7-4-3-5-8-12/h3-5,7-8,11,16H,6,9-10H2,1-2H3. The smallest absolute Gasteiger partial charge is 0.243 e. The fourth-order valence-electron chi connectivity index (χ4n) is 2.66. The van der Waals surface area contributed by atoms with Gasteiger partial charge in [-0.05, 0) is 32.4 Å². The lowest BCUT2D eigenvalue weighted by atomic mass is 9.64. The van der Waals surface area contributed by atoms with Gasteiger partial charge in [0.2, 0.25) is 5.89 Å². The number of nitrogens with zero attached hydrogens (tertiary/aromatic N) is 2. The molecule has 0 amide bonds. The fourth-order valence-corrected chi connectivity index (χ4v) is 2.66. The van der Waals surface area contributed by atoms with Gasteiger partial charge in [-0.2, -0.15) is 4.98 Å². The zero-order valence-corrected chi connectivity index (χ0v) is 11.4.